The van der Waals surface area contributed by atoms with Crippen molar-refractivity contribution >= 4 is 29.8 Å². The molecule has 0 saturated heterocycles. The van der Waals surface area contributed by atoms with Crippen LogP contribution in [0, 0.1) is 0 Å². The highest BCUT2D eigenvalue weighted by Gasteiger charge is 2.16. The fraction of sp³-hybridized carbons (Fsp3) is 0.0625. The number of urea groups is 1. The van der Waals surface area contributed by atoms with Crippen molar-refractivity contribution in [2.75, 3.05) is 7.11 Å². The molecule has 7 nitrogen and oxygen atoms in total. The van der Waals surface area contributed by atoms with Crippen LogP contribution in [0.1, 0.15) is 15.9 Å². The number of esters is 1. The van der Waals surface area contributed by atoms with Crippen molar-refractivity contribution in [3.05, 3.63) is 58.6 Å². The quantitative estimate of drug-likeness (QED) is 0.375. The van der Waals surface area contributed by atoms with Crippen molar-refractivity contribution in [2.24, 2.45) is 10.8 Å². The van der Waals surface area contributed by atoms with Gasteiger partial charge in [0.25, 0.3) is 0 Å². The lowest BCUT2D eigenvalue weighted by Gasteiger charge is -2.12. The highest BCUT2D eigenvalue weighted by atomic mass is 35.5. The number of methoxy groups -OCH3 is 1. The molecule has 0 bridgehead atoms. The summed E-state index contributed by atoms with van der Waals surface area (Å²) in [5, 5.41) is 3.78. The molecule has 0 fully saturated rings. The van der Waals surface area contributed by atoms with Gasteiger partial charge in [-0.25, -0.2) is 15.0 Å². The molecule has 0 spiro atoms. The first-order valence-corrected chi connectivity index (χ1v) is 7.12. The number of halogens is 1. The molecule has 0 aliphatic heterocycles. The summed E-state index contributed by atoms with van der Waals surface area (Å²) in [4.78, 5) is 22.7. The third kappa shape index (κ3) is 4.47. The van der Waals surface area contributed by atoms with Crippen molar-refractivity contribution < 1.29 is 19.1 Å². The lowest BCUT2D eigenvalue weighted by Crippen LogP contribution is -2.24. The molecular formula is C16H14ClN3O4. The van der Waals surface area contributed by atoms with Crippen LogP contribution in [0.3, 0.4) is 0 Å². The van der Waals surface area contributed by atoms with Crippen molar-refractivity contribution in [1.29, 1.82) is 0 Å². The predicted molar refractivity (Wildman–Crippen MR) is 89.7 cm³/mol. The maximum Gasteiger partial charge on any atom is 0.343 e. The first kappa shape index (κ1) is 17.3. The number of nitrogens with zero attached hydrogens (tertiary/aromatic N) is 1. The molecular weight excluding hydrogens is 334 g/mol. The van der Waals surface area contributed by atoms with Gasteiger partial charge < -0.3 is 15.2 Å². The zero-order valence-corrected chi connectivity index (χ0v) is 13.4. The molecule has 0 heterocycles. The number of primary amides is 1. The molecule has 0 unspecified atom stereocenters. The Kier molecular flexibility index (Phi) is 5.75. The Bertz CT molecular complexity index is 778. The van der Waals surface area contributed by atoms with E-state index in [2.05, 4.69) is 10.5 Å². The SMILES string of the molecule is COc1cc(/C=N/NC(N)=O)cc(Cl)c1OC(=O)c1ccccc1. The number of amides is 2. The number of hydrogen-bond donors (Lipinski definition) is 2. The van der Waals surface area contributed by atoms with Crippen molar-refractivity contribution in [3.8, 4) is 11.5 Å². The topological polar surface area (TPSA) is 103 Å². The molecule has 0 radical (unpaired) electrons. The van der Waals surface area contributed by atoms with Gasteiger partial charge >= 0.3 is 12.0 Å². The summed E-state index contributed by atoms with van der Waals surface area (Å²) >= 11 is 6.16. The predicted octanol–water partition coefficient (Wildman–Crippen LogP) is 2.57. The molecule has 0 saturated carbocycles. The summed E-state index contributed by atoms with van der Waals surface area (Å²) in [5.41, 5.74) is 7.86. The molecule has 124 valence electrons. The fourth-order valence-electron chi connectivity index (χ4n) is 1.81. The van der Waals surface area contributed by atoms with Gasteiger partial charge in [-0.15, -0.1) is 0 Å². The van der Waals surface area contributed by atoms with Crippen LogP contribution in [0.5, 0.6) is 11.5 Å². The maximum absolute atomic E-state index is 12.1. The Balaban J connectivity index is 2.25. The van der Waals surface area contributed by atoms with Crippen LogP contribution in [0.4, 0.5) is 4.79 Å². The van der Waals surface area contributed by atoms with Gasteiger partial charge in [-0.05, 0) is 29.8 Å². The number of rotatable bonds is 5. The largest absolute Gasteiger partial charge is 0.493 e. The van der Waals surface area contributed by atoms with E-state index in [0.29, 0.717) is 11.1 Å². The van der Waals surface area contributed by atoms with Crippen LogP contribution < -0.4 is 20.6 Å². The Hall–Kier alpha value is -3.06. The van der Waals surface area contributed by atoms with Gasteiger partial charge in [0.05, 0.1) is 23.9 Å². The van der Waals surface area contributed by atoms with Crippen molar-refractivity contribution in [3.63, 3.8) is 0 Å². The number of nitrogens with two attached hydrogens (primary N) is 1. The molecule has 8 heteroatoms. The molecule has 2 aromatic carbocycles. The standard InChI is InChI=1S/C16H14ClN3O4/c1-23-13-8-10(9-19-20-16(18)22)7-12(17)14(13)24-15(21)11-5-3-2-4-6-11/h2-9H,1H3,(H3,18,20,22)/b19-9+. The van der Waals surface area contributed by atoms with Crippen molar-refractivity contribution in [2.45, 2.75) is 0 Å². The maximum atomic E-state index is 12.1. The first-order valence-electron chi connectivity index (χ1n) is 6.74. The minimum atomic E-state index is -0.794. The summed E-state index contributed by atoms with van der Waals surface area (Å²) in [6.45, 7) is 0. The summed E-state index contributed by atoms with van der Waals surface area (Å²) in [6.07, 6.45) is 1.32. The van der Waals surface area contributed by atoms with Crippen LogP contribution in [-0.2, 0) is 0 Å². The minimum absolute atomic E-state index is 0.0908. The lowest BCUT2D eigenvalue weighted by molar-refractivity contribution is 0.0730. The molecule has 0 atom stereocenters. The average Bonchev–Trinajstić information content (AvgIpc) is 2.57. The van der Waals surface area contributed by atoms with Crippen LogP contribution in [0.25, 0.3) is 0 Å². The third-order valence-corrected chi connectivity index (χ3v) is 3.13. The Morgan fingerprint density at radius 3 is 2.58 bits per heavy atom. The van der Waals surface area contributed by atoms with Crippen LogP contribution in [0.15, 0.2) is 47.6 Å². The Morgan fingerprint density at radius 1 is 1.25 bits per heavy atom. The average molecular weight is 348 g/mol. The molecule has 24 heavy (non-hydrogen) atoms. The Labute approximate surface area is 143 Å². The Morgan fingerprint density at radius 2 is 1.96 bits per heavy atom. The van der Waals surface area contributed by atoms with E-state index < -0.39 is 12.0 Å². The molecule has 3 N–H and O–H groups in total. The second kappa shape index (κ2) is 7.98. The van der Waals surface area contributed by atoms with Gasteiger partial charge in [0, 0.05) is 0 Å². The van der Waals surface area contributed by atoms with E-state index in [1.807, 2.05) is 0 Å². The number of carbonyl (C=O) groups excluding carboxylic acids is 2. The zero-order chi connectivity index (χ0) is 17.5. The molecule has 2 aromatic rings. The fourth-order valence-corrected chi connectivity index (χ4v) is 2.07. The van der Waals surface area contributed by atoms with Crippen LogP contribution >= 0.6 is 11.6 Å². The smallest absolute Gasteiger partial charge is 0.343 e. The second-order valence-electron chi connectivity index (χ2n) is 4.52. The number of ether oxygens (including phenoxy) is 2. The van der Waals surface area contributed by atoms with E-state index in [9.17, 15) is 9.59 Å². The minimum Gasteiger partial charge on any atom is -0.493 e. The van der Waals surface area contributed by atoms with E-state index >= 15 is 0 Å². The zero-order valence-electron chi connectivity index (χ0n) is 12.7. The molecule has 2 amide bonds. The van der Waals surface area contributed by atoms with Gasteiger partial charge in [0.15, 0.2) is 11.5 Å². The highest BCUT2D eigenvalue weighted by molar-refractivity contribution is 6.32. The van der Waals surface area contributed by atoms with E-state index in [-0.39, 0.29) is 16.5 Å². The summed E-state index contributed by atoms with van der Waals surface area (Å²) < 4.78 is 10.5. The number of benzene rings is 2. The van der Waals surface area contributed by atoms with Gasteiger partial charge in [-0.2, -0.15) is 5.10 Å². The summed E-state index contributed by atoms with van der Waals surface area (Å²) in [7, 11) is 1.41. The van der Waals surface area contributed by atoms with Crippen molar-refractivity contribution in [1.82, 2.24) is 5.43 Å². The molecule has 0 aliphatic carbocycles. The monoisotopic (exact) mass is 347 g/mol. The van der Waals surface area contributed by atoms with E-state index in [0.717, 1.165) is 0 Å². The van der Waals surface area contributed by atoms with Gasteiger partial charge in [-0.3, -0.25) is 0 Å². The van der Waals surface area contributed by atoms with E-state index in [4.69, 9.17) is 26.8 Å². The summed E-state index contributed by atoms with van der Waals surface area (Å²) in [5.74, 6) is -0.229. The van der Waals surface area contributed by atoms with Crippen LogP contribution in [-0.4, -0.2) is 25.3 Å². The normalized spacial score (nSPS) is 10.4. The lowest BCUT2D eigenvalue weighted by atomic mass is 10.2. The molecule has 0 aromatic heterocycles. The first-order chi connectivity index (χ1) is 11.5. The van der Waals surface area contributed by atoms with Gasteiger partial charge in [-0.1, -0.05) is 29.8 Å². The van der Waals surface area contributed by atoms with E-state index in [1.54, 1.807) is 36.4 Å². The number of carbonyl (C=O) groups is 2. The second-order valence-corrected chi connectivity index (χ2v) is 4.93. The number of hydrogen-bond acceptors (Lipinski definition) is 5. The number of nitrogens with one attached hydrogen (secondary N) is 1. The van der Waals surface area contributed by atoms with Gasteiger partial charge in [0.2, 0.25) is 0 Å². The van der Waals surface area contributed by atoms with E-state index in [1.165, 1.54) is 19.4 Å². The molecule has 0 aliphatic rings. The number of hydrazone groups is 1. The van der Waals surface area contributed by atoms with Gasteiger partial charge in [0.1, 0.15) is 0 Å². The molecule has 2 rings (SSSR count). The third-order valence-electron chi connectivity index (χ3n) is 2.84. The highest BCUT2D eigenvalue weighted by Crippen LogP contribution is 2.36. The summed E-state index contributed by atoms with van der Waals surface area (Å²) in [6, 6.07) is 10.7. The van der Waals surface area contributed by atoms with Crippen LogP contribution in [0.2, 0.25) is 5.02 Å².